The molecule has 0 radical (unpaired) electrons. The van der Waals surface area contributed by atoms with E-state index in [1.165, 1.54) is 0 Å². The van der Waals surface area contributed by atoms with Crippen LogP contribution in [-0.2, 0) is 0 Å². The molecule has 17 heavy (non-hydrogen) atoms. The highest BCUT2D eigenvalue weighted by Gasteiger charge is 2.49. The number of nitrogens with zero attached hydrogens (tertiary/aromatic N) is 1. The maximum absolute atomic E-state index is 12.8. The normalized spacial score (nSPS) is 35.4. The van der Waals surface area contributed by atoms with Crippen LogP contribution in [0.1, 0.15) is 32.1 Å². The fraction of sp³-hybridized carbons (Fsp3) is 0.846. The van der Waals surface area contributed by atoms with Crippen molar-refractivity contribution in [3.05, 3.63) is 12.7 Å². The molecule has 0 bridgehead atoms. The average Bonchev–Trinajstić information content (AvgIpc) is 2.61. The first-order chi connectivity index (χ1) is 7.95. The largest absolute Gasteiger partial charge is 0.391 e. The molecule has 0 aromatic carbocycles. The third-order valence-corrected chi connectivity index (χ3v) is 4.31. The molecule has 2 rings (SSSR count). The van der Waals surface area contributed by atoms with Crippen LogP contribution in [0.5, 0.6) is 0 Å². The summed E-state index contributed by atoms with van der Waals surface area (Å²) < 4.78 is 38.4. The van der Waals surface area contributed by atoms with E-state index in [2.05, 4.69) is 11.5 Å². The Labute approximate surface area is 101 Å². The standard InChI is InChI=1S/C13H20F3N/c1-2-7-17-8-6-12(10-17)5-3-4-11(9-12)13(14,15)16/h2,11H,1,3-10H2/t11-,12+/m1/s1. The van der Waals surface area contributed by atoms with Crippen molar-refractivity contribution in [2.45, 2.75) is 38.3 Å². The van der Waals surface area contributed by atoms with Gasteiger partial charge in [-0.2, -0.15) is 13.2 Å². The van der Waals surface area contributed by atoms with Crippen LogP contribution in [0.25, 0.3) is 0 Å². The summed E-state index contributed by atoms with van der Waals surface area (Å²) >= 11 is 0. The van der Waals surface area contributed by atoms with Crippen molar-refractivity contribution in [1.82, 2.24) is 4.90 Å². The highest BCUT2D eigenvalue weighted by molar-refractivity contribution is 4.96. The van der Waals surface area contributed by atoms with Gasteiger partial charge in [0, 0.05) is 13.1 Å². The number of halogens is 3. The first kappa shape index (κ1) is 12.9. The lowest BCUT2D eigenvalue weighted by atomic mass is 9.69. The van der Waals surface area contributed by atoms with Crippen LogP contribution in [0.2, 0.25) is 0 Å². The number of alkyl halides is 3. The highest BCUT2D eigenvalue weighted by atomic mass is 19.4. The lowest BCUT2D eigenvalue weighted by Crippen LogP contribution is -2.37. The molecule has 0 aromatic heterocycles. The second-order valence-electron chi connectivity index (χ2n) is 5.61. The van der Waals surface area contributed by atoms with Gasteiger partial charge in [0.05, 0.1) is 5.92 Å². The molecule has 2 aliphatic rings. The minimum Gasteiger partial charge on any atom is -0.299 e. The molecule has 98 valence electrons. The van der Waals surface area contributed by atoms with Crippen molar-refractivity contribution >= 4 is 0 Å². The predicted octanol–water partition coefficient (Wildman–Crippen LogP) is 3.62. The first-order valence-corrected chi connectivity index (χ1v) is 6.35. The molecule has 0 amide bonds. The van der Waals surface area contributed by atoms with E-state index in [0.29, 0.717) is 12.8 Å². The summed E-state index contributed by atoms with van der Waals surface area (Å²) in [7, 11) is 0. The lowest BCUT2D eigenvalue weighted by Gasteiger charge is -2.38. The smallest absolute Gasteiger partial charge is 0.299 e. The fourth-order valence-corrected chi connectivity index (χ4v) is 3.47. The minimum absolute atomic E-state index is 0.0680. The lowest BCUT2D eigenvalue weighted by molar-refractivity contribution is -0.191. The van der Waals surface area contributed by atoms with Crippen LogP contribution < -0.4 is 0 Å². The monoisotopic (exact) mass is 247 g/mol. The summed E-state index contributed by atoms with van der Waals surface area (Å²) in [6.07, 6.45) is 1.12. The van der Waals surface area contributed by atoms with E-state index in [0.717, 1.165) is 38.9 Å². The Kier molecular flexibility index (Phi) is 3.53. The Morgan fingerprint density at radius 3 is 2.76 bits per heavy atom. The molecule has 2 atom stereocenters. The molecule has 1 saturated carbocycles. The van der Waals surface area contributed by atoms with Gasteiger partial charge in [-0.05, 0) is 37.6 Å². The molecule has 0 N–H and O–H groups in total. The van der Waals surface area contributed by atoms with Crippen LogP contribution in [0, 0.1) is 11.3 Å². The van der Waals surface area contributed by atoms with Gasteiger partial charge in [0.2, 0.25) is 0 Å². The van der Waals surface area contributed by atoms with E-state index in [1.54, 1.807) is 0 Å². The zero-order chi connectivity index (χ0) is 12.5. The van der Waals surface area contributed by atoms with Gasteiger partial charge in [-0.15, -0.1) is 6.58 Å². The van der Waals surface area contributed by atoms with Crippen LogP contribution >= 0.6 is 0 Å². The molecular weight excluding hydrogens is 227 g/mol. The molecule has 0 unspecified atom stereocenters. The summed E-state index contributed by atoms with van der Waals surface area (Å²) in [6, 6.07) is 0. The van der Waals surface area contributed by atoms with Gasteiger partial charge in [-0.3, -0.25) is 4.90 Å². The van der Waals surface area contributed by atoms with Crippen LogP contribution in [0.3, 0.4) is 0 Å². The number of rotatable bonds is 2. The van der Waals surface area contributed by atoms with Crippen molar-refractivity contribution < 1.29 is 13.2 Å². The van der Waals surface area contributed by atoms with Crippen LogP contribution in [-0.4, -0.2) is 30.7 Å². The molecule has 4 heteroatoms. The van der Waals surface area contributed by atoms with E-state index in [-0.39, 0.29) is 5.41 Å². The molecule has 1 heterocycles. The van der Waals surface area contributed by atoms with E-state index in [4.69, 9.17) is 0 Å². The molecule has 2 fully saturated rings. The van der Waals surface area contributed by atoms with E-state index in [9.17, 15) is 13.2 Å². The van der Waals surface area contributed by atoms with Crippen molar-refractivity contribution in [3.8, 4) is 0 Å². The first-order valence-electron chi connectivity index (χ1n) is 6.35. The zero-order valence-electron chi connectivity index (χ0n) is 10.1. The summed E-state index contributed by atoms with van der Waals surface area (Å²) in [5, 5.41) is 0. The molecule has 0 aromatic rings. The number of hydrogen-bond acceptors (Lipinski definition) is 1. The molecule has 1 aliphatic heterocycles. The van der Waals surface area contributed by atoms with Gasteiger partial charge in [0.1, 0.15) is 0 Å². The summed E-state index contributed by atoms with van der Waals surface area (Å²) in [4.78, 5) is 2.23. The van der Waals surface area contributed by atoms with E-state index in [1.807, 2.05) is 6.08 Å². The molecule has 1 saturated heterocycles. The Bertz CT molecular complexity index is 287. The molecule has 1 aliphatic carbocycles. The van der Waals surface area contributed by atoms with Gasteiger partial charge in [0.25, 0.3) is 0 Å². The second-order valence-corrected chi connectivity index (χ2v) is 5.61. The predicted molar refractivity (Wildman–Crippen MR) is 61.7 cm³/mol. The van der Waals surface area contributed by atoms with Crippen molar-refractivity contribution in [2.75, 3.05) is 19.6 Å². The second kappa shape index (κ2) is 4.63. The van der Waals surface area contributed by atoms with Gasteiger partial charge >= 0.3 is 6.18 Å². The number of likely N-dealkylation sites (tertiary alicyclic amines) is 1. The fourth-order valence-electron chi connectivity index (χ4n) is 3.47. The van der Waals surface area contributed by atoms with Crippen LogP contribution in [0.4, 0.5) is 13.2 Å². The molecule has 1 spiro atoms. The highest BCUT2D eigenvalue weighted by Crippen LogP contribution is 2.50. The van der Waals surface area contributed by atoms with Gasteiger partial charge < -0.3 is 0 Å². The Hall–Kier alpha value is -0.510. The maximum atomic E-state index is 12.8. The SMILES string of the molecule is C=CCN1CC[C@]2(CCC[C@@H](C(F)(F)F)C2)C1. The van der Waals surface area contributed by atoms with Crippen molar-refractivity contribution in [3.63, 3.8) is 0 Å². The topological polar surface area (TPSA) is 3.24 Å². The quantitative estimate of drug-likeness (QED) is 0.674. The maximum Gasteiger partial charge on any atom is 0.391 e. The number of hydrogen-bond donors (Lipinski definition) is 0. The van der Waals surface area contributed by atoms with E-state index < -0.39 is 12.1 Å². The summed E-state index contributed by atoms with van der Waals surface area (Å²) in [5.74, 6) is -1.07. The van der Waals surface area contributed by atoms with Crippen LogP contribution in [0.15, 0.2) is 12.7 Å². The Balaban J connectivity index is 2.00. The summed E-state index contributed by atoms with van der Waals surface area (Å²) in [6.45, 7) is 6.25. The van der Waals surface area contributed by atoms with Gasteiger partial charge in [0.15, 0.2) is 0 Å². The Morgan fingerprint density at radius 2 is 2.12 bits per heavy atom. The van der Waals surface area contributed by atoms with Gasteiger partial charge in [-0.1, -0.05) is 12.5 Å². The minimum atomic E-state index is -4.00. The van der Waals surface area contributed by atoms with E-state index >= 15 is 0 Å². The third-order valence-electron chi connectivity index (χ3n) is 4.31. The van der Waals surface area contributed by atoms with Gasteiger partial charge in [-0.25, -0.2) is 0 Å². The van der Waals surface area contributed by atoms with Crippen molar-refractivity contribution in [2.24, 2.45) is 11.3 Å². The van der Waals surface area contributed by atoms with Crippen molar-refractivity contribution in [1.29, 1.82) is 0 Å². The average molecular weight is 247 g/mol. The molecular formula is C13H20F3N. The molecule has 1 nitrogen and oxygen atoms in total. The zero-order valence-corrected chi connectivity index (χ0v) is 10.1. The Morgan fingerprint density at radius 1 is 1.35 bits per heavy atom. The summed E-state index contributed by atoms with van der Waals surface area (Å²) in [5.41, 5.74) is -0.0680. The third kappa shape index (κ3) is 2.84.